The van der Waals surface area contributed by atoms with Gasteiger partial charge in [-0.15, -0.1) is 0 Å². The number of H-pyrrole nitrogens is 1. The highest BCUT2D eigenvalue weighted by atomic mass is 35.5. The number of anilines is 1. The predicted molar refractivity (Wildman–Crippen MR) is 113 cm³/mol. The van der Waals surface area contributed by atoms with Gasteiger partial charge in [0, 0.05) is 6.07 Å². The number of aromatic nitrogens is 2. The molecule has 0 aliphatic rings. The maximum atomic E-state index is 12.5. The van der Waals surface area contributed by atoms with E-state index in [-0.39, 0.29) is 5.91 Å². The molecule has 0 aliphatic carbocycles. The summed E-state index contributed by atoms with van der Waals surface area (Å²) in [6, 6.07) is 8.65. The first-order valence-corrected chi connectivity index (χ1v) is 10.1. The molecule has 3 rings (SSSR count). The van der Waals surface area contributed by atoms with Crippen LogP contribution in [0.2, 0.25) is 15.1 Å². The Hall–Kier alpha value is -1.60. The molecule has 2 aromatic carbocycles. The van der Waals surface area contributed by atoms with E-state index in [2.05, 4.69) is 15.3 Å². The summed E-state index contributed by atoms with van der Waals surface area (Å²) in [5, 5.41) is 3.96. The minimum Gasteiger partial charge on any atom is -0.494 e. The van der Waals surface area contributed by atoms with Gasteiger partial charge in [-0.25, -0.2) is 4.98 Å². The Balaban J connectivity index is 1.71. The maximum absolute atomic E-state index is 12.5. The number of halogens is 3. The van der Waals surface area contributed by atoms with Gasteiger partial charge in [0.25, 0.3) is 0 Å². The monoisotopic (exact) mass is 443 g/mol. The van der Waals surface area contributed by atoms with Crippen molar-refractivity contribution < 1.29 is 9.53 Å². The van der Waals surface area contributed by atoms with Crippen molar-refractivity contribution >= 4 is 69.2 Å². The molecular formula is C18H16Cl3N3O2S. The Kier molecular flexibility index (Phi) is 6.42. The topological polar surface area (TPSA) is 67.0 Å². The van der Waals surface area contributed by atoms with Crippen LogP contribution in [0.25, 0.3) is 11.0 Å². The van der Waals surface area contributed by atoms with Gasteiger partial charge in [-0.1, -0.05) is 46.6 Å². The smallest absolute Gasteiger partial charge is 0.237 e. The molecular weight excluding hydrogens is 429 g/mol. The van der Waals surface area contributed by atoms with Crippen molar-refractivity contribution in [1.82, 2.24) is 9.97 Å². The highest BCUT2D eigenvalue weighted by molar-refractivity contribution is 8.00. The van der Waals surface area contributed by atoms with Crippen LogP contribution in [0.15, 0.2) is 35.5 Å². The second-order valence-corrected chi connectivity index (χ2v) is 8.20. The van der Waals surface area contributed by atoms with E-state index >= 15 is 0 Å². The van der Waals surface area contributed by atoms with Crippen molar-refractivity contribution in [2.45, 2.75) is 24.3 Å². The largest absolute Gasteiger partial charge is 0.494 e. The third-order valence-electron chi connectivity index (χ3n) is 3.67. The molecule has 0 spiro atoms. The molecule has 1 aromatic heterocycles. The number of benzene rings is 2. The number of carbonyl (C=O) groups is 1. The van der Waals surface area contributed by atoms with E-state index in [4.69, 9.17) is 39.5 Å². The molecule has 2 N–H and O–H groups in total. The number of nitrogens with zero attached hydrogens (tertiary/aromatic N) is 1. The zero-order valence-corrected chi connectivity index (χ0v) is 17.6. The first-order chi connectivity index (χ1) is 12.9. The minimum atomic E-state index is -0.414. The fourth-order valence-electron chi connectivity index (χ4n) is 2.35. The molecule has 0 radical (unpaired) electrons. The number of fused-ring (bicyclic) bond motifs is 1. The molecule has 9 heteroatoms. The van der Waals surface area contributed by atoms with Crippen LogP contribution in [0.3, 0.4) is 0 Å². The lowest BCUT2D eigenvalue weighted by molar-refractivity contribution is -0.115. The summed E-state index contributed by atoms with van der Waals surface area (Å²) in [5.74, 6) is 0.543. The van der Waals surface area contributed by atoms with Gasteiger partial charge in [0.15, 0.2) is 5.16 Å². The Morgan fingerprint density at radius 2 is 1.96 bits per heavy atom. The number of aromatic amines is 1. The number of nitrogens with one attached hydrogen (secondary N) is 2. The molecule has 27 heavy (non-hydrogen) atoms. The summed E-state index contributed by atoms with van der Waals surface area (Å²) in [6.45, 7) is 4.30. The molecule has 5 nitrogen and oxygen atoms in total. The third kappa shape index (κ3) is 4.82. The standard InChI is InChI=1S/C18H16Cl3N3O2S/c1-3-26-10-4-5-14-16(6-10)24-18(23-14)27-9(2)17(25)22-15-8-12(20)11(19)7-13(15)21/h4-9H,3H2,1-2H3,(H,22,25)(H,23,24)/t9-/m0/s1. The van der Waals surface area contributed by atoms with E-state index in [9.17, 15) is 4.79 Å². The summed E-state index contributed by atoms with van der Waals surface area (Å²) in [7, 11) is 0. The number of hydrogen-bond acceptors (Lipinski definition) is 4. The predicted octanol–water partition coefficient (Wildman–Crippen LogP) is 6.04. The number of amides is 1. The van der Waals surface area contributed by atoms with Crippen LogP contribution < -0.4 is 10.1 Å². The number of imidazole rings is 1. The van der Waals surface area contributed by atoms with E-state index in [0.717, 1.165) is 16.8 Å². The van der Waals surface area contributed by atoms with Crippen LogP contribution in [0, 0.1) is 0 Å². The van der Waals surface area contributed by atoms with Gasteiger partial charge in [-0.3, -0.25) is 4.79 Å². The van der Waals surface area contributed by atoms with Crippen LogP contribution in [0.4, 0.5) is 5.69 Å². The molecule has 3 aromatic rings. The van der Waals surface area contributed by atoms with E-state index in [1.54, 1.807) is 6.92 Å². The minimum absolute atomic E-state index is 0.226. The molecule has 1 heterocycles. The van der Waals surface area contributed by atoms with Gasteiger partial charge in [-0.2, -0.15) is 0 Å². The number of thioether (sulfide) groups is 1. The highest BCUT2D eigenvalue weighted by Gasteiger charge is 2.18. The summed E-state index contributed by atoms with van der Waals surface area (Å²) < 4.78 is 5.49. The van der Waals surface area contributed by atoms with Gasteiger partial charge in [0.2, 0.25) is 5.91 Å². The van der Waals surface area contributed by atoms with Crippen LogP contribution in [0.1, 0.15) is 13.8 Å². The molecule has 0 bridgehead atoms. The SMILES string of the molecule is CCOc1ccc2nc(S[C@@H](C)C(=O)Nc3cc(Cl)c(Cl)cc3Cl)[nH]c2c1. The lowest BCUT2D eigenvalue weighted by atomic mass is 10.3. The van der Waals surface area contributed by atoms with Gasteiger partial charge in [0.1, 0.15) is 5.75 Å². The summed E-state index contributed by atoms with van der Waals surface area (Å²) >= 11 is 19.3. The normalized spacial score (nSPS) is 12.2. The zero-order chi connectivity index (χ0) is 19.6. The van der Waals surface area contributed by atoms with Crippen LogP contribution >= 0.6 is 46.6 Å². The lowest BCUT2D eigenvalue weighted by Crippen LogP contribution is -2.22. The van der Waals surface area contributed by atoms with Crippen molar-refractivity contribution in [3.63, 3.8) is 0 Å². The van der Waals surface area contributed by atoms with Gasteiger partial charge in [0.05, 0.1) is 43.6 Å². The van der Waals surface area contributed by atoms with Crippen LogP contribution in [0.5, 0.6) is 5.75 Å². The van der Waals surface area contributed by atoms with Crippen molar-refractivity contribution in [3.05, 3.63) is 45.4 Å². The van der Waals surface area contributed by atoms with Crippen molar-refractivity contribution in [1.29, 1.82) is 0 Å². The zero-order valence-electron chi connectivity index (χ0n) is 14.5. The maximum Gasteiger partial charge on any atom is 0.237 e. The lowest BCUT2D eigenvalue weighted by Gasteiger charge is -2.12. The summed E-state index contributed by atoms with van der Waals surface area (Å²) in [4.78, 5) is 20.2. The Morgan fingerprint density at radius 3 is 2.70 bits per heavy atom. The number of carbonyl (C=O) groups excluding carboxylic acids is 1. The van der Waals surface area contributed by atoms with Crippen molar-refractivity contribution in [2.24, 2.45) is 0 Å². The third-order valence-corrected chi connectivity index (χ3v) is 5.69. The average molecular weight is 445 g/mol. The fourth-order valence-corrected chi connectivity index (χ4v) is 3.77. The second kappa shape index (κ2) is 8.61. The molecule has 0 unspecified atom stereocenters. The molecule has 142 valence electrons. The average Bonchev–Trinajstić information content (AvgIpc) is 3.01. The fraction of sp³-hybridized carbons (Fsp3) is 0.222. The summed E-state index contributed by atoms with van der Waals surface area (Å²) in [5.41, 5.74) is 2.07. The first kappa shape index (κ1) is 20.1. The van der Waals surface area contributed by atoms with Crippen LogP contribution in [-0.2, 0) is 4.79 Å². The number of rotatable bonds is 6. The van der Waals surface area contributed by atoms with Gasteiger partial charge in [-0.05, 0) is 38.1 Å². The highest BCUT2D eigenvalue weighted by Crippen LogP contribution is 2.33. The Bertz CT molecular complexity index is 993. The van der Waals surface area contributed by atoms with Gasteiger partial charge < -0.3 is 15.0 Å². The van der Waals surface area contributed by atoms with Crippen LogP contribution in [-0.4, -0.2) is 27.7 Å². The molecule has 0 aliphatic heterocycles. The van der Waals surface area contributed by atoms with Crippen molar-refractivity contribution in [3.8, 4) is 5.75 Å². The molecule has 1 amide bonds. The first-order valence-electron chi connectivity index (χ1n) is 8.12. The van der Waals surface area contributed by atoms with E-state index in [1.165, 1.54) is 23.9 Å². The summed E-state index contributed by atoms with van der Waals surface area (Å²) in [6.07, 6.45) is 0. The van der Waals surface area contributed by atoms with E-state index in [0.29, 0.717) is 32.5 Å². The van der Waals surface area contributed by atoms with E-state index < -0.39 is 5.25 Å². The molecule has 0 fully saturated rings. The molecule has 0 saturated carbocycles. The van der Waals surface area contributed by atoms with E-state index in [1.807, 2.05) is 25.1 Å². The molecule has 0 saturated heterocycles. The number of ether oxygens (including phenoxy) is 1. The number of hydrogen-bond donors (Lipinski definition) is 2. The quantitative estimate of drug-likeness (QED) is 0.359. The van der Waals surface area contributed by atoms with Gasteiger partial charge >= 0.3 is 0 Å². The Morgan fingerprint density at radius 1 is 1.22 bits per heavy atom. The molecule has 1 atom stereocenters. The second-order valence-electron chi connectivity index (χ2n) is 5.65. The van der Waals surface area contributed by atoms with Crippen molar-refractivity contribution in [2.75, 3.05) is 11.9 Å². The Labute approximate surface area is 175 Å².